The Kier molecular flexibility index (Phi) is 9.32. The molecule has 0 amide bonds. The summed E-state index contributed by atoms with van der Waals surface area (Å²) in [6, 6.07) is 48.6. The van der Waals surface area contributed by atoms with E-state index in [-0.39, 0.29) is 0 Å². The number of aromatic amines is 1. The Hall–Kier alpha value is -5.72. The van der Waals surface area contributed by atoms with Crippen LogP contribution in [0.25, 0.3) is 10.9 Å². The van der Waals surface area contributed by atoms with E-state index in [1.165, 1.54) is 27.6 Å². The normalized spacial score (nSPS) is 11.7. The third-order valence-electron chi connectivity index (χ3n) is 9.92. The third kappa shape index (κ3) is 6.51. The van der Waals surface area contributed by atoms with Gasteiger partial charge in [-0.2, -0.15) is 0 Å². The largest absolute Gasteiger partial charge is 0.361 e. The third-order valence-corrected chi connectivity index (χ3v) is 10.3. The number of hydrogen-bond acceptors (Lipinski definition) is 3. The summed E-state index contributed by atoms with van der Waals surface area (Å²) in [5.74, 6) is 1.92. The van der Waals surface area contributed by atoms with Crippen LogP contribution in [0.3, 0.4) is 0 Å². The van der Waals surface area contributed by atoms with Crippen LogP contribution in [0, 0.1) is 0 Å². The second kappa shape index (κ2) is 14.6. The van der Waals surface area contributed by atoms with E-state index in [0.717, 1.165) is 65.7 Å². The molecule has 0 aliphatic carbocycles. The molecule has 7 heteroatoms. The highest BCUT2D eigenvalue weighted by Gasteiger charge is 2.38. The van der Waals surface area contributed by atoms with Crippen LogP contribution in [0.4, 0.5) is 0 Å². The van der Waals surface area contributed by atoms with Crippen LogP contribution in [0.2, 0.25) is 5.02 Å². The van der Waals surface area contributed by atoms with Crippen molar-refractivity contribution in [1.82, 2.24) is 29.3 Å². The van der Waals surface area contributed by atoms with Gasteiger partial charge in [0.25, 0.3) is 0 Å². The zero-order chi connectivity index (χ0) is 34.5. The summed E-state index contributed by atoms with van der Waals surface area (Å²) < 4.78 is 4.59. The molecule has 51 heavy (non-hydrogen) atoms. The smallest absolute Gasteiger partial charge is 0.137 e. The van der Waals surface area contributed by atoms with Crippen molar-refractivity contribution in [1.29, 1.82) is 0 Å². The van der Waals surface area contributed by atoms with Crippen LogP contribution in [-0.2, 0) is 37.8 Å². The maximum atomic E-state index is 6.60. The molecule has 0 saturated heterocycles. The molecule has 5 aromatic carbocycles. The van der Waals surface area contributed by atoms with E-state index >= 15 is 0 Å². The summed E-state index contributed by atoms with van der Waals surface area (Å²) in [5, 5.41) is 11.4. The molecule has 0 aliphatic rings. The average molecular weight is 687 g/mol. The second-order valence-corrected chi connectivity index (χ2v) is 13.4. The average Bonchev–Trinajstić information content (AvgIpc) is 3.93. The monoisotopic (exact) mass is 686 g/mol. The molecule has 3 heterocycles. The van der Waals surface area contributed by atoms with Crippen molar-refractivity contribution in [2.75, 3.05) is 0 Å². The van der Waals surface area contributed by atoms with E-state index in [1.807, 2.05) is 24.5 Å². The topological polar surface area (TPSA) is 64.3 Å². The molecular formula is C44H39ClN6. The van der Waals surface area contributed by atoms with Crippen molar-refractivity contribution in [2.45, 2.75) is 44.2 Å². The van der Waals surface area contributed by atoms with E-state index in [1.54, 1.807) is 0 Å². The Balaban J connectivity index is 1.08. The van der Waals surface area contributed by atoms with Crippen LogP contribution < -0.4 is 0 Å². The van der Waals surface area contributed by atoms with Gasteiger partial charge in [-0.3, -0.25) is 0 Å². The van der Waals surface area contributed by atoms with Crippen LogP contribution >= 0.6 is 11.6 Å². The summed E-state index contributed by atoms with van der Waals surface area (Å²) in [7, 11) is 0. The molecule has 0 saturated carbocycles. The van der Waals surface area contributed by atoms with Crippen LogP contribution in [0.15, 0.2) is 158 Å². The number of H-pyrrole nitrogens is 1. The minimum Gasteiger partial charge on any atom is -0.361 e. The highest BCUT2D eigenvalue weighted by atomic mass is 35.5. The molecule has 1 N–H and O–H groups in total. The molecule has 3 aromatic heterocycles. The van der Waals surface area contributed by atoms with Gasteiger partial charge in [0.15, 0.2) is 0 Å². The molecule has 0 radical (unpaired) electrons. The van der Waals surface area contributed by atoms with Gasteiger partial charge in [0.05, 0.1) is 12.0 Å². The first-order valence-corrected chi connectivity index (χ1v) is 18.0. The predicted octanol–water partition coefficient (Wildman–Crippen LogP) is 9.46. The van der Waals surface area contributed by atoms with Crippen molar-refractivity contribution >= 4 is 22.5 Å². The van der Waals surface area contributed by atoms with Crippen molar-refractivity contribution in [3.05, 3.63) is 208 Å². The molecule has 0 fully saturated rings. The zero-order valence-corrected chi connectivity index (χ0v) is 29.1. The Labute approximate surface area is 303 Å². The number of imidazole rings is 1. The van der Waals surface area contributed by atoms with Crippen molar-refractivity contribution < 1.29 is 0 Å². The molecule has 252 valence electrons. The van der Waals surface area contributed by atoms with Gasteiger partial charge in [-0.05, 0) is 59.2 Å². The molecule has 8 aromatic rings. The van der Waals surface area contributed by atoms with Gasteiger partial charge in [0.2, 0.25) is 0 Å². The van der Waals surface area contributed by atoms with Gasteiger partial charge in [-0.25, -0.2) is 4.98 Å². The highest BCUT2D eigenvalue weighted by Crippen LogP contribution is 2.40. The Morgan fingerprint density at radius 2 is 1.22 bits per heavy atom. The summed E-state index contributed by atoms with van der Waals surface area (Å²) in [5.41, 5.74) is 7.50. The van der Waals surface area contributed by atoms with Gasteiger partial charge in [-0.15, -0.1) is 10.2 Å². The lowest BCUT2D eigenvalue weighted by Gasteiger charge is -2.37. The number of aromatic nitrogens is 6. The maximum absolute atomic E-state index is 6.60. The number of aryl methyl sites for hydroxylation is 3. The van der Waals surface area contributed by atoms with Gasteiger partial charge in [0.1, 0.15) is 17.2 Å². The molecule has 0 aliphatic heterocycles. The van der Waals surface area contributed by atoms with E-state index < -0.39 is 5.54 Å². The summed E-state index contributed by atoms with van der Waals surface area (Å²) in [6.07, 6.45) is 10.3. The van der Waals surface area contributed by atoms with Crippen molar-refractivity contribution in [3.8, 4) is 0 Å². The fourth-order valence-electron chi connectivity index (χ4n) is 7.42. The minimum atomic E-state index is -0.582. The summed E-state index contributed by atoms with van der Waals surface area (Å²) >= 11 is 6.60. The lowest BCUT2D eigenvalue weighted by molar-refractivity contribution is 0.513. The Morgan fingerprint density at radius 3 is 1.90 bits per heavy atom. The molecule has 6 nitrogen and oxygen atoms in total. The van der Waals surface area contributed by atoms with E-state index in [4.69, 9.17) is 26.8 Å². The molecule has 0 spiro atoms. The summed E-state index contributed by atoms with van der Waals surface area (Å²) in [6.45, 7) is 0.782. The number of benzene rings is 5. The van der Waals surface area contributed by atoms with E-state index in [9.17, 15) is 0 Å². The predicted molar refractivity (Wildman–Crippen MR) is 205 cm³/mol. The minimum absolute atomic E-state index is 0.582. The number of nitrogens with zero attached hydrogens (tertiary/aromatic N) is 5. The second-order valence-electron chi connectivity index (χ2n) is 13.0. The Morgan fingerprint density at radius 1 is 0.608 bits per heavy atom. The van der Waals surface area contributed by atoms with E-state index in [2.05, 4.69) is 148 Å². The molecule has 0 atom stereocenters. The first-order valence-electron chi connectivity index (χ1n) is 17.6. The number of hydrogen-bond donors (Lipinski definition) is 1. The number of halogens is 1. The van der Waals surface area contributed by atoms with Gasteiger partial charge in [-0.1, -0.05) is 139 Å². The quantitative estimate of drug-likeness (QED) is 0.123. The maximum Gasteiger partial charge on any atom is 0.137 e. The number of para-hydroxylation sites is 1. The highest BCUT2D eigenvalue weighted by molar-refractivity contribution is 6.31. The van der Waals surface area contributed by atoms with Gasteiger partial charge in [0, 0.05) is 47.7 Å². The summed E-state index contributed by atoms with van der Waals surface area (Å²) in [4.78, 5) is 8.42. The van der Waals surface area contributed by atoms with Crippen molar-refractivity contribution in [3.63, 3.8) is 0 Å². The van der Waals surface area contributed by atoms with Crippen LogP contribution in [0.1, 0.15) is 51.6 Å². The fourth-order valence-corrected chi connectivity index (χ4v) is 7.63. The van der Waals surface area contributed by atoms with Crippen LogP contribution in [0.5, 0.6) is 0 Å². The van der Waals surface area contributed by atoms with Gasteiger partial charge >= 0.3 is 0 Å². The number of nitrogens with one attached hydrogen (secondary N) is 1. The van der Waals surface area contributed by atoms with Crippen LogP contribution in [-0.4, -0.2) is 29.3 Å². The van der Waals surface area contributed by atoms with Gasteiger partial charge < -0.3 is 14.1 Å². The number of fused-ring (bicyclic) bond motifs is 1. The first-order chi connectivity index (χ1) is 25.2. The van der Waals surface area contributed by atoms with E-state index in [0.29, 0.717) is 6.42 Å². The molecule has 0 unspecified atom stereocenters. The molecule has 8 rings (SSSR count). The first kappa shape index (κ1) is 32.5. The van der Waals surface area contributed by atoms with Crippen molar-refractivity contribution in [2.24, 2.45) is 0 Å². The standard InChI is InChI=1S/C44H39ClN6/c45-40-24-12-10-15-33(40)29-43-49-48-42(27-26-34-30-46-41-25-13-11-23-39(34)41)51(43)28-14-22-38-31-50(32-47-38)44(35-16-4-1-5-17-35,36-18-6-2-7-19-36)37-20-8-3-9-21-37/h1-13,15-21,23-25,30-32,46H,14,22,26-29H2. The lowest BCUT2D eigenvalue weighted by atomic mass is 9.77. The lowest BCUT2D eigenvalue weighted by Crippen LogP contribution is -2.36. The fraction of sp³-hybridized carbons (Fsp3) is 0.159. The molecule has 0 bridgehead atoms. The zero-order valence-electron chi connectivity index (χ0n) is 28.4. The molecular weight excluding hydrogens is 648 g/mol. The SMILES string of the molecule is Clc1ccccc1Cc1nnc(CCc2c[nH]c3ccccc23)n1CCCc1cn(C(c2ccccc2)(c2ccccc2)c2ccccc2)cn1. The Bertz CT molecular complexity index is 2240. The number of rotatable bonds is 13.